The van der Waals surface area contributed by atoms with E-state index in [1.165, 1.54) is 24.4 Å². The number of carbonyl (C=O) groups is 2. The molecule has 0 N–H and O–H groups in total. The average molecular weight is 379 g/mol. The summed E-state index contributed by atoms with van der Waals surface area (Å²) >= 11 is 0. The number of benzene rings is 1. The molecule has 2 fully saturated rings. The van der Waals surface area contributed by atoms with Crippen LogP contribution in [0.25, 0.3) is 0 Å². The molecule has 1 saturated heterocycles. The molecule has 0 spiro atoms. The lowest BCUT2D eigenvalue weighted by Crippen LogP contribution is -2.38. The Balaban J connectivity index is 1.63. The summed E-state index contributed by atoms with van der Waals surface area (Å²) in [4.78, 5) is 36.1. The molecular formula is C20H17N3O5. The van der Waals surface area contributed by atoms with Crippen LogP contribution in [-0.4, -0.2) is 34.6 Å². The van der Waals surface area contributed by atoms with Crippen LogP contribution in [0.15, 0.2) is 35.5 Å². The van der Waals surface area contributed by atoms with E-state index in [0.29, 0.717) is 0 Å². The fraction of sp³-hybridized carbons (Fsp3) is 0.350. The van der Waals surface area contributed by atoms with Gasteiger partial charge in [-0.15, -0.1) is 6.42 Å². The Bertz CT molecular complexity index is 929. The first-order valence-corrected chi connectivity index (χ1v) is 8.96. The van der Waals surface area contributed by atoms with Crippen molar-refractivity contribution in [1.29, 1.82) is 0 Å². The Kier molecular flexibility index (Phi) is 4.43. The molecule has 8 heteroatoms. The number of hydrogen-bond donors (Lipinski definition) is 0. The van der Waals surface area contributed by atoms with Gasteiger partial charge in [-0.05, 0) is 30.7 Å². The number of allylic oxidation sites excluding steroid dienone is 2. The highest BCUT2D eigenvalue weighted by molar-refractivity contribution is 6.06. The molecule has 28 heavy (non-hydrogen) atoms. The lowest BCUT2D eigenvalue weighted by molar-refractivity contribution is -0.384. The van der Waals surface area contributed by atoms with Crippen molar-refractivity contribution >= 4 is 23.7 Å². The molecule has 1 saturated carbocycles. The van der Waals surface area contributed by atoms with Gasteiger partial charge in [-0.1, -0.05) is 18.1 Å². The number of rotatable bonds is 5. The number of nitrogens with zero attached hydrogens (tertiary/aromatic N) is 3. The average Bonchev–Trinajstić information content (AvgIpc) is 2.98. The largest absolute Gasteiger partial charge is 0.480 e. The van der Waals surface area contributed by atoms with Crippen LogP contribution in [0.2, 0.25) is 0 Å². The van der Waals surface area contributed by atoms with Crippen molar-refractivity contribution in [3.8, 4) is 18.1 Å². The number of imide groups is 1. The zero-order valence-electron chi connectivity index (χ0n) is 14.9. The van der Waals surface area contributed by atoms with Gasteiger partial charge in [0.05, 0.1) is 23.0 Å². The lowest BCUT2D eigenvalue weighted by Gasteiger charge is -2.37. The zero-order valence-corrected chi connectivity index (χ0v) is 14.9. The number of non-ortho nitro benzene ring substituents is 1. The Morgan fingerprint density at radius 3 is 2.43 bits per heavy atom. The number of amides is 2. The molecule has 1 aromatic rings. The van der Waals surface area contributed by atoms with E-state index in [9.17, 15) is 19.7 Å². The molecular weight excluding hydrogens is 362 g/mol. The van der Waals surface area contributed by atoms with Gasteiger partial charge in [-0.25, -0.2) is 0 Å². The van der Waals surface area contributed by atoms with E-state index in [0.717, 1.165) is 17.9 Å². The number of hydrazone groups is 1. The number of nitro benzene ring substituents is 1. The summed E-state index contributed by atoms with van der Waals surface area (Å²) in [7, 11) is 0. The Morgan fingerprint density at radius 2 is 1.89 bits per heavy atom. The SMILES string of the molecule is C#CCOc1ccc([N+](=O)[O-])cc1/C=N\N1C(=O)[C@@H]2[C@@H](C1=O)[C@H]1C=C[C@H]2CC1. The summed E-state index contributed by atoms with van der Waals surface area (Å²) in [6.45, 7) is -0.0284. The second kappa shape index (κ2) is 6.93. The maximum absolute atomic E-state index is 12.8. The van der Waals surface area contributed by atoms with Gasteiger partial charge < -0.3 is 4.74 Å². The molecule has 4 aliphatic rings. The minimum atomic E-state index is -0.549. The van der Waals surface area contributed by atoms with E-state index in [2.05, 4.69) is 11.0 Å². The van der Waals surface area contributed by atoms with Gasteiger partial charge in [0.1, 0.15) is 12.4 Å². The van der Waals surface area contributed by atoms with Crippen LogP contribution < -0.4 is 4.74 Å². The van der Waals surface area contributed by atoms with Crippen molar-refractivity contribution in [3.63, 3.8) is 0 Å². The smallest absolute Gasteiger partial charge is 0.270 e. The van der Waals surface area contributed by atoms with Crippen LogP contribution in [0.4, 0.5) is 5.69 Å². The molecule has 142 valence electrons. The van der Waals surface area contributed by atoms with Gasteiger partial charge >= 0.3 is 0 Å². The highest BCUT2D eigenvalue weighted by Crippen LogP contribution is 2.49. The summed E-state index contributed by atoms with van der Waals surface area (Å²) < 4.78 is 5.38. The molecule has 5 rings (SSSR count). The molecule has 1 heterocycles. The maximum atomic E-state index is 12.8. The Morgan fingerprint density at radius 1 is 1.25 bits per heavy atom. The highest BCUT2D eigenvalue weighted by atomic mass is 16.6. The molecule has 1 aliphatic heterocycles. The van der Waals surface area contributed by atoms with Crippen molar-refractivity contribution in [2.75, 3.05) is 6.61 Å². The summed E-state index contributed by atoms with van der Waals surface area (Å²) in [6.07, 6.45) is 12.3. The fourth-order valence-corrected chi connectivity index (χ4v) is 4.29. The van der Waals surface area contributed by atoms with E-state index < -0.39 is 4.92 Å². The van der Waals surface area contributed by atoms with Crippen molar-refractivity contribution in [2.45, 2.75) is 12.8 Å². The van der Waals surface area contributed by atoms with E-state index in [4.69, 9.17) is 11.2 Å². The minimum absolute atomic E-state index is 0.0284. The third-order valence-corrected chi connectivity index (χ3v) is 5.56. The quantitative estimate of drug-likeness (QED) is 0.195. The van der Waals surface area contributed by atoms with Crippen LogP contribution in [0.3, 0.4) is 0 Å². The van der Waals surface area contributed by atoms with Crippen LogP contribution in [0.1, 0.15) is 18.4 Å². The van der Waals surface area contributed by atoms with Crippen LogP contribution in [0.5, 0.6) is 5.75 Å². The summed E-state index contributed by atoms with van der Waals surface area (Å²) in [5.74, 6) is 1.37. The van der Waals surface area contributed by atoms with Crippen molar-refractivity contribution in [1.82, 2.24) is 5.01 Å². The number of nitro groups is 1. The Labute approximate surface area is 161 Å². The van der Waals surface area contributed by atoms with Gasteiger partial charge in [0.2, 0.25) is 0 Å². The second-order valence-corrected chi connectivity index (χ2v) is 7.05. The highest BCUT2D eigenvalue weighted by Gasteiger charge is 2.56. The molecule has 2 bridgehead atoms. The minimum Gasteiger partial charge on any atom is -0.480 e. The van der Waals surface area contributed by atoms with Gasteiger partial charge in [0.15, 0.2) is 0 Å². The molecule has 0 unspecified atom stereocenters. The first kappa shape index (κ1) is 17.9. The Hall–Kier alpha value is -3.47. The predicted molar refractivity (Wildman–Crippen MR) is 99.2 cm³/mol. The van der Waals surface area contributed by atoms with E-state index >= 15 is 0 Å². The summed E-state index contributed by atoms with van der Waals surface area (Å²) in [5.41, 5.74) is 0.102. The number of carbonyl (C=O) groups excluding carboxylic acids is 2. The van der Waals surface area contributed by atoms with E-state index in [1.54, 1.807) is 0 Å². The normalized spacial score (nSPS) is 27.9. The standard InChI is InChI=1S/C20H17N3O5/c1-2-9-28-16-8-7-15(23(26)27)10-14(16)11-21-22-19(24)17-12-3-4-13(6-5-12)18(17)20(22)25/h1,3-4,7-8,10-13,17-18H,5-6,9H2/b21-11-/t12-,13-,17-,18-/m0/s1. The monoisotopic (exact) mass is 379 g/mol. The van der Waals surface area contributed by atoms with Crippen molar-refractivity contribution in [3.05, 3.63) is 46.0 Å². The predicted octanol–water partition coefficient (Wildman–Crippen LogP) is 2.14. The maximum Gasteiger partial charge on any atom is 0.270 e. The zero-order chi connectivity index (χ0) is 19.8. The fourth-order valence-electron chi connectivity index (χ4n) is 4.29. The van der Waals surface area contributed by atoms with Gasteiger partial charge in [-0.2, -0.15) is 10.1 Å². The third kappa shape index (κ3) is 2.85. The third-order valence-electron chi connectivity index (χ3n) is 5.56. The van der Waals surface area contributed by atoms with E-state index in [1.807, 2.05) is 12.2 Å². The lowest BCUT2D eigenvalue weighted by atomic mass is 9.63. The number of ether oxygens (including phenoxy) is 1. The molecule has 0 aromatic heterocycles. The molecule has 0 radical (unpaired) electrons. The van der Waals surface area contributed by atoms with Gasteiger partial charge in [0.25, 0.3) is 17.5 Å². The molecule has 2 amide bonds. The second-order valence-electron chi connectivity index (χ2n) is 7.05. The molecule has 1 aromatic carbocycles. The summed E-state index contributed by atoms with van der Waals surface area (Å²) in [6, 6.07) is 3.96. The number of terminal acetylenes is 1. The van der Waals surface area contributed by atoms with Crippen LogP contribution >= 0.6 is 0 Å². The van der Waals surface area contributed by atoms with E-state index in [-0.39, 0.29) is 59.1 Å². The molecule has 4 atom stereocenters. The summed E-state index contributed by atoms with van der Waals surface area (Å²) in [5, 5.41) is 16.0. The van der Waals surface area contributed by atoms with Crippen LogP contribution in [-0.2, 0) is 9.59 Å². The van der Waals surface area contributed by atoms with Crippen molar-refractivity contribution < 1.29 is 19.2 Å². The first-order chi connectivity index (χ1) is 13.5. The van der Waals surface area contributed by atoms with Crippen molar-refractivity contribution in [2.24, 2.45) is 28.8 Å². The molecule has 3 aliphatic carbocycles. The topological polar surface area (TPSA) is 102 Å². The first-order valence-electron chi connectivity index (χ1n) is 8.96. The number of fused-ring (bicyclic) bond motifs is 1. The van der Waals surface area contributed by atoms with Gasteiger partial charge in [0, 0.05) is 17.7 Å². The van der Waals surface area contributed by atoms with Crippen LogP contribution in [0, 0.1) is 46.1 Å². The molecule has 8 nitrogen and oxygen atoms in total. The van der Waals surface area contributed by atoms with Gasteiger partial charge in [-0.3, -0.25) is 19.7 Å². The number of hydrogen-bond acceptors (Lipinski definition) is 6.